The topological polar surface area (TPSA) is 70.7 Å². The van der Waals surface area contributed by atoms with Crippen LogP contribution in [0.15, 0.2) is 66.9 Å². The van der Waals surface area contributed by atoms with Gasteiger partial charge in [0.25, 0.3) is 0 Å². The van der Waals surface area contributed by atoms with E-state index >= 15 is 0 Å². The van der Waals surface area contributed by atoms with Crippen molar-refractivity contribution in [1.29, 1.82) is 5.26 Å². The first kappa shape index (κ1) is 18.6. The lowest BCUT2D eigenvalue weighted by Crippen LogP contribution is -2.51. The molecule has 5 nitrogen and oxygen atoms in total. The van der Waals surface area contributed by atoms with E-state index in [1.165, 1.54) is 18.2 Å². The normalized spacial score (nSPS) is 14.9. The Labute approximate surface area is 168 Å². The van der Waals surface area contributed by atoms with Crippen LogP contribution in [0.5, 0.6) is 0 Å². The van der Waals surface area contributed by atoms with Crippen LogP contribution in [-0.4, -0.2) is 21.2 Å². The molecule has 1 N–H and O–H groups in total. The standard InChI is InChI=1S/C23H19FN4O/c24-19-10-7-17(8-11-19)22-18(15-28(27-22)20-5-2-1-3-6-20)9-12-21(29)26-23(16-25)13-4-14-23/h1-3,5-12,15H,4,13-14H2,(H,26,29)/b12-9+. The van der Waals surface area contributed by atoms with Gasteiger partial charge < -0.3 is 5.32 Å². The van der Waals surface area contributed by atoms with Gasteiger partial charge in [-0.05, 0) is 61.7 Å². The first-order chi connectivity index (χ1) is 14.1. The fraction of sp³-hybridized carbons (Fsp3) is 0.174. The highest BCUT2D eigenvalue weighted by Gasteiger charge is 2.38. The number of aromatic nitrogens is 2. The van der Waals surface area contributed by atoms with Crippen molar-refractivity contribution in [2.24, 2.45) is 0 Å². The highest BCUT2D eigenvalue weighted by atomic mass is 19.1. The van der Waals surface area contributed by atoms with E-state index in [2.05, 4.69) is 16.5 Å². The summed E-state index contributed by atoms with van der Waals surface area (Å²) < 4.78 is 15.1. The Morgan fingerprint density at radius 3 is 2.52 bits per heavy atom. The molecule has 6 heteroatoms. The number of carbonyl (C=O) groups excluding carboxylic acids is 1. The Balaban J connectivity index is 1.65. The largest absolute Gasteiger partial charge is 0.334 e. The molecular weight excluding hydrogens is 367 g/mol. The van der Waals surface area contributed by atoms with E-state index in [1.54, 1.807) is 22.9 Å². The van der Waals surface area contributed by atoms with Crippen LogP contribution in [0.3, 0.4) is 0 Å². The smallest absolute Gasteiger partial charge is 0.245 e. The van der Waals surface area contributed by atoms with Crippen LogP contribution in [0.2, 0.25) is 0 Å². The minimum Gasteiger partial charge on any atom is -0.334 e. The zero-order valence-electron chi connectivity index (χ0n) is 15.7. The second-order valence-corrected chi connectivity index (χ2v) is 7.09. The molecular formula is C23H19FN4O. The molecule has 1 fully saturated rings. The maximum atomic E-state index is 13.3. The number of amides is 1. The predicted molar refractivity (Wildman–Crippen MR) is 108 cm³/mol. The van der Waals surface area contributed by atoms with Crippen LogP contribution in [0, 0.1) is 17.1 Å². The number of nitriles is 1. The minimum absolute atomic E-state index is 0.316. The number of hydrogen-bond donors (Lipinski definition) is 1. The first-order valence-electron chi connectivity index (χ1n) is 9.41. The number of nitrogens with one attached hydrogen (secondary N) is 1. The molecule has 1 aromatic heterocycles. The molecule has 0 spiro atoms. The maximum Gasteiger partial charge on any atom is 0.245 e. The Morgan fingerprint density at radius 2 is 1.90 bits per heavy atom. The van der Waals surface area contributed by atoms with E-state index in [0.29, 0.717) is 18.5 Å². The van der Waals surface area contributed by atoms with E-state index in [4.69, 9.17) is 0 Å². The maximum absolute atomic E-state index is 13.3. The van der Waals surface area contributed by atoms with Crippen molar-refractivity contribution in [3.63, 3.8) is 0 Å². The Hall–Kier alpha value is -3.72. The lowest BCUT2D eigenvalue weighted by Gasteiger charge is -2.35. The number of nitrogens with zero attached hydrogens (tertiary/aromatic N) is 3. The second kappa shape index (κ2) is 7.72. The number of rotatable bonds is 5. The highest BCUT2D eigenvalue weighted by molar-refractivity contribution is 5.93. The summed E-state index contributed by atoms with van der Waals surface area (Å²) in [4.78, 5) is 12.3. The van der Waals surface area contributed by atoms with Crippen molar-refractivity contribution in [3.8, 4) is 23.0 Å². The van der Waals surface area contributed by atoms with E-state index in [0.717, 1.165) is 23.2 Å². The molecule has 0 radical (unpaired) electrons. The van der Waals surface area contributed by atoms with Gasteiger partial charge in [-0.3, -0.25) is 4.79 Å². The number of carbonyl (C=O) groups is 1. The van der Waals surface area contributed by atoms with Gasteiger partial charge in [-0.2, -0.15) is 10.4 Å². The molecule has 4 rings (SSSR count). The van der Waals surface area contributed by atoms with Crippen molar-refractivity contribution in [3.05, 3.63) is 78.3 Å². The van der Waals surface area contributed by atoms with Gasteiger partial charge in [0.05, 0.1) is 17.5 Å². The predicted octanol–water partition coefficient (Wildman–Crippen LogP) is 4.25. The van der Waals surface area contributed by atoms with E-state index in [9.17, 15) is 14.4 Å². The molecule has 0 unspecified atom stereocenters. The molecule has 0 saturated heterocycles. The van der Waals surface area contributed by atoms with Crippen LogP contribution in [-0.2, 0) is 4.79 Å². The molecule has 0 aliphatic heterocycles. The molecule has 1 amide bonds. The zero-order valence-corrected chi connectivity index (χ0v) is 15.7. The van der Waals surface area contributed by atoms with Gasteiger partial charge in [-0.1, -0.05) is 18.2 Å². The monoisotopic (exact) mass is 386 g/mol. The van der Waals surface area contributed by atoms with E-state index in [-0.39, 0.29) is 11.7 Å². The lowest BCUT2D eigenvalue weighted by atomic mass is 9.78. The second-order valence-electron chi connectivity index (χ2n) is 7.09. The van der Waals surface area contributed by atoms with Gasteiger partial charge in [-0.15, -0.1) is 0 Å². The number of hydrogen-bond acceptors (Lipinski definition) is 3. The SMILES string of the molecule is N#CC1(NC(=O)/C=C/c2cn(-c3ccccc3)nc2-c2ccc(F)cc2)CCC1. The molecule has 1 aliphatic rings. The van der Waals surface area contributed by atoms with Crippen LogP contribution in [0.1, 0.15) is 24.8 Å². The van der Waals surface area contributed by atoms with Gasteiger partial charge >= 0.3 is 0 Å². The molecule has 1 saturated carbocycles. The summed E-state index contributed by atoms with van der Waals surface area (Å²) in [7, 11) is 0. The fourth-order valence-electron chi connectivity index (χ4n) is 3.29. The molecule has 144 valence electrons. The zero-order chi connectivity index (χ0) is 20.3. The summed E-state index contributed by atoms with van der Waals surface area (Å²) in [6.45, 7) is 0. The summed E-state index contributed by atoms with van der Waals surface area (Å²) in [6.07, 6.45) is 7.20. The summed E-state index contributed by atoms with van der Waals surface area (Å²) in [6, 6.07) is 17.9. The minimum atomic E-state index is -0.741. The van der Waals surface area contributed by atoms with Crippen molar-refractivity contribution in [1.82, 2.24) is 15.1 Å². The van der Waals surface area contributed by atoms with Gasteiger partial charge in [0.1, 0.15) is 11.4 Å². The van der Waals surface area contributed by atoms with Crippen LogP contribution in [0.4, 0.5) is 4.39 Å². The van der Waals surface area contributed by atoms with Crippen molar-refractivity contribution in [2.45, 2.75) is 24.8 Å². The quantitative estimate of drug-likeness (QED) is 0.666. The summed E-state index contributed by atoms with van der Waals surface area (Å²) in [5.41, 5.74) is 2.23. The molecule has 0 bridgehead atoms. The molecule has 2 aromatic carbocycles. The Kier molecular flexibility index (Phi) is 4.96. The van der Waals surface area contributed by atoms with E-state index in [1.807, 2.05) is 36.5 Å². The van der Waals surface area contributed by atoms with E-state index < -0.39 is 5.54 Å². The van der Waals surface area contributed by atoms with Crippen molar-refractivity contribution in [2.75, 3.05) is 0 Å². The van der Waals surface area contributed by atoms with Crippen molar-refractivity contribution >= 4 is 12.0 Å². The first-order valence-corrected chi connectivity index (χ1v) is 9.41. The third-order valence-corrected chi connectivity index (χ3v) is 5.08. The van der Waals surface area contributed by atoms with Crippen LogP contribution in [0.25, 0.3) is 23.0 Å². The fourth-order valence-corrected chi connectivity index (χ4v) is 3.29. The molecule has 0 atom stereocenters. The van der Waals surface area contributed by atoms with Crippen molar-refractivity contribution < 1.29 is 9.18 Å². The highest BCUT2D eigenvalue weighted by Crippen LogP contribution is 2.31. The Bertz CT molecular complexity index is 1090. The number of halogens is 1. The summed E-state index contributed by atoms with van der Waals surface area (Å²) in [5.74, 6) is -0.640. The van der Waals surface area contributed by atoms with Gasteiger partial charge in [0.2, 0.25) is 5.91 Å². The van der Waals surface area contributed by atoms with Gasteiger partial charge in [0.15, 0.2) is 0 Å². The van der Waals surface area contributed by atoms with Crippen LogP contribution < -0.4 is 5.32 Å². The molecule has 29 heavy (non-hydrogen) atoms. The number of benzene rings is 2. The summed E-state index contributed by atoms with van der Waals surface area (Å²) in [5, 5.41) is 16.7. The van der Waals surface area contributed by atoms with Gasteiger partial charge in [-0.25, -0.2) is 9.07 Å². The average molecular weight is 386 g/mol. The number of para-hydroxylation sites is 1. The third kappa shape index (κ3) is 3.94. The molecule has 1 heterocycles. The molecule has 3 aromatic rings. The summed E-state index contributed by atoms with van der Waals surface area (Å²) >= 11 is 0. The lowest BCUT2D eigenvalue weighted by molar-refractivity contribution is -0.118. The average Bonchev–Trinajstić information content (AvgIpc) is 3.15. The van der Waals surface area contributed by atoms with Crippen LogP contribution >= 0.6 is 0 Å². The third-order valence-electron chi connectivity index (χ3n) is 5.08. The Morgan fingerprint density at radius 1 is 1.17 bits per heavy atom. The van der Waals surface area contributed by atoms with Gasteiger partial charge in [0, 0.05) is 23.4 Å². The molecule has 1 aliphatic carbocycles.